The molecule has 1 rings (SSSR count). The van der Waals surface area contributed by atoms with Crippen LogP contribution in [0.15, 0.2) is 29.3 Å². The Kier molecular flexibility index (Phi) is 1.99. The lowest BCUT2D eigenvalue weighted by Gasteiger charge is -2.48. The summed E-state index contributed by atoms with van der Waals surface area (Å²) < 4.78 is 0. The molecule has 0 heterocycles. The van der Waals surface area contributed by atoms with Gasteiger partial charge >= 0.3 is 0 Å². The van der Waals surface area contributed by atoms with Crippen molar-refractivity contribution in [1.29, 1.82) is 0 Å². The Hall–Kier alpha value is -0.850. The Morgan fingerprint density at radius 3 is 2.25 bits per heavy atom. The van der Waals surface area contributed by atoms with Gasteiger partial charge in [-0.15, -0.1) is 0 Å². The fraction of sp³-hybridized carbons (Fsp3) is 0.545. The molecule has 2 atom stereocenters. The molecule has 66 valence electrons. The molecule has 12 heavy (non-hydrogen) atoms. The lowest BCUT2D eigenvalue weighted by Crippen LogP contribution is -2.47. The van der Waals surface area contributed by atoms with E-state index in [1.165, 1.54) is 5.57 Å². The molecule has 1 heteroatoms. The van der Waals surface area contributed by atoms with Gasteiger partial charge in [0.1, 0.15) is 0 Å². The van der Waals surface area contributed by atoms with Crippen LogP contribution < -0.4 is 0 Å². The minimum atomic E-state index is -0.125. The molecule has 0 bridgehead atoms. The van der Waals surface area contributed by atoms with Crippen molar-refractivity contribution in [2.45, 2.75) is 32.7 Å². The molecule has 0 amide bonds. The molecular formula is C11H17N. The van der Waals surface area contributed by atoms with Crippen molar-refractivity contribution in [2.75, 3.05) is 0 Å². The van der Waals surface area contributed by atoms with Gasteiger partial charge in [0.05, 0.1) is 5.54 Å². The summed E-state index contributed by atoms with van der Waals surface area (Å²) in [5.41, 5.74) is 1.14. The molecule has 0 N–H and O–H groups in total. The van der Waals surface area contributed by atoms with Crippen LogP contribution in [0.5, 0.6) is 0 Å². The van der Waals surface area contributed by atoms with Gasteiger partial charge in [0.15, 0.2) is 0 Å². The topological polar surface area (TPSA) is 12.4 Å². The van der Waals surface area contributed by atoms with Gasteiger partial charge in [-0.1, -0.05) is 31.2 Å². The SMILES string of the molecule is C=NC1(C)C=CC1(C)C(=C)CC. The number of aliphatic imine (C=N–C) groups is 1. The molecule has 0 aromatic heterocycles. The number of nitrogens with zero attached hydrogens (tertiary/aromatic N) is 1. The van der Waals surface area contributed by atoms with Gasteiger partial charge in [0.25, 0.3) is 0 Å². The summed E-state index contributed by atoms with van der Waals surface area (Å²) in [5.74, 6) is 0. The average Bonchev–Trinajstić information content (AvgIpc) is 2.11. The van der Waals surface area contributed by atoms with E-state index in [-0.39, 0.29) is 11.0 Å². The summed E-state index contributed by atoms with van der Waals surface area (Å²) in [6.07, 6.45) is 5.28. The van der Waals surface area contributed by atoms with E-state index in [9.17, 15) is 0 Å². The smallest absolute Gasteiger partial charge is 0.0877 e. The van der Waals surface area contributed by atoms with Gasteiger partial charge in [-0.05, 0) is 27.0 Å². The van der Waals surface area contributed by atoms with E-state index >= 15 is 0 Å². The van der Waals surface area contributed by atoms with Gasteiger partial charge in [0, 0.05) is 5.41 Å². The standard InChI is InChI=1S/C11H17N/c1-6-9(2)10(3)7-8-11(10,4)12-5/h7-8H,2,5-6H2,1,3-4H3. The number of hydrogen-bond donors (Lipinski definition) is 0. The van der Waals surface area contributed by atoms with Gasteiger partial charge in [0.2, 0.25) is 0 Å². The zero-order valence-corrected chi connectivity index (χ0v) is 8.22. The second-order valence-electron chi connectivity index (χ2n) is 3.80. The lowest BCUT2D eigenvalue weighted by molar-refractivity contribution is 0.286. The fourth-order valence-corrected chi connectivity index (χ4v) is 1.63. The van der Waals surface area contributed by atoms with E-state index in [0.29, 0.717) is 0 Å². The Labute approximate surface area is 74.9 Å². The highest BCUT2D eigenvalue weighted by Crippen LogP contribution is 2.50. The Morgan fingerprint density at radius 2 is 2.00 bits per heavy atom. The fourth-order valence-electron chi connectivity index (χ4n) is 1.63. The van der Waals surface area contributed by atoms with E-state index < -0.39 is 0 Å². The third-order valence-corrected chi connectivity index (χ3v) is 3.28. The quantitative estimate of drug-likeness (QED) is 0.448. The van der Waals surface area contributed by atoms with Gasteiger partial charge < -0.3 is 0 Å². The van der Waals surface area contributed by atoms with Gasteiger partial charge in [-0.2, -0.15) is 0 Å². The Balaban J connectivity index is 2.97. The molecule has 0 aromatic carbocycles. The molecule has 0 fully saturated rings. The summed E-state index contributed by atoms with van der Waals surface area (Å²) in [6.45, 7) is 14.1. The predicted molar refractivity (Wildman–Crippen MR) is 54.6 cm³/mol. The average molecular weight is 163 g/mol. The van der Waals surface area contributed by atoms with E-state index in [1.54, 1.807) is 0 Å². The first-order chi connectivity index (χ1) is 5.50. The second-order valence-corrected chi connectivity index (χ2v) is 3.80. The summed E-state index contributed by atoms with van der Waals surface area (Å²) >= 11 is 0. The maximum Gasteiger partial charge on any atom is 0.0877 e. The third kappa shape index (κ3) is 0.889. The first-order valence-electron chi connectivity index (χ1n) is 4.36. The highest BCUT2D eigenvalue weighted by molar-refractivity contribution is 5.43. The molecule has 1 aliphatic carbocycles. The summed E-state index contributed by atoms with van der Waals surface area (Å²) in [7, 11) is 0. The zero-order valence-electron chi connectivity index (χ0n) is 8.22. The first-order valence-corrected chi connectivity index (χ1v) is 4.36. The highest BCUT2D eigenvalue weighted by atomic mass is 14.9. The minimum Gasteiger partial charge on any atom is -0.289 e. The third-order valence-electron chi connectivity index (χ3n) is 3.28. The molecule has 0 saturated carbocycles. The van der Waals surface area contributed by atoms with E-state index in [4.69, 9.17) is 0 Å². The number of hydrogen-bond acceptors (Lipinski definition) is 1. The van der Waals surface area contributed by atoms with Crippen LogP contribution in [0.25, 0.3) is 0 Å². The summed E-state index contributed by atoms with van der Waals surface area (Å²) in [4.78, 5) is 4.15. The Bertz CT molecular complexity index is 252. The van der Waals surface area contributed by atoms with Crippen LogP contribution in [0.2, 0.25) is 0 Å². The van der Waals surface area contributed by atoms with Gasteiger partial charge in [-0.25, -0.2) is 0 Å². The van der Waals surface area contributed by atoms with E-state index in [1.807, 2.05) is 0 Å². The molecule has 0 aliphatic heterocycles. The van der Waals surface area contributed by atoms with Crippen molar-refractivity contribution in [1.82, 2.24) is 0 Å². The Morgan fingerprint density at radius 1 is 1.42 bits per heavy atom. The van der Waals surface area contributed by atoms with Crippen molar-refractivity contribution in [3.63, 3.8) is 0 Å². The van der Waals surface area contributed by atoms with Crippen molar-refractivity contribution in [2.24, 2.45) is 10.4 Å². The van der Waals surface area contributed by atoms with E-state index in [2.05, 4.69) is 51.2 Å². The summed E-state index contributed by atoms with van der Waals surface area (Å²) in [5, 5.41) is 0. The van der Waals surface area contributed by atoms with Crippen molar-refractivity contribution >= 4 is 6.72 Å². The molecule has 0 spiro atoms. The monoisotopic (exact) mass is 163 g/mol. The van der Waals surface area contributed by atoms with Crippen LogP contribution in [-0.4, -0.2) is 12.3 Å². The van der Waals surface area contributed by atoms with Crippen molar-refractivity contribution in [3.8, 4) is 0 Å². The molecule has 0 radical (unpaired) electrons. The highest BCUT2D eigenvalue weighted by Gasteiger charge is 2.48. The maximum absolute atomic E-state index is 4.15. The minimum absolute atomic E-state index is 0.0313. The van der Waals surface area contributed by atoms with Crippen molar-refractivity contribution in [3.05, 3.63) is 24.3 Å². The second kappa shape index (κ2) is 2.58. The van der Waals surface area contributed by atoms with Crippen LogP contribution in [-0.2, 0) is 0 Å². The van der Waals surface area contributed by atoms with Crippen LogP contribution in [0.4, 0.5) is 0 Å². The normalized spacial score (nSPS) is 38.9. The van der Waals surface area contributed by atoms with Crippen LogP contribution in [0, 0.1) is 5.41 Å². The summed E-state index contributed by atoms with van der Waals surface area (Å²) in [6, 6.07) is 0. The maximum atomic E-state index is 4.15. The van der Waals surface area contributed by atoms with E-state index in [0.717, 1.165) is 6.42 Å². The van der Waals surface area contributed by atoms with Gasteiger partial charge in [-0.3, -0.25) is 4.99 Å². The molecule has 1 nitrogen and oxygen atoms in total. The molecule has 0 aromatic rings. The lowest BCUT2D eigenvalue weighted by atomic mass is 9.59. The number of rotatable bonds is 3. The molecule has 1 aliphatic rings. The zero-order chi connectivity index (χ0) is 9.41. The molecule has 0 saturated heterocycles. The van der Waals surface area contributed by atoms with Crippen molar-refractivity contribution < 1.29 is 0 Å². The largest absolute Gasteiger partial charge is 0.289 e. The molecular weight excluding hydrogens is 146 g/mol. The van der Waals surface area contributed by atoms with Crippen LogP contribution in [0.1, 0.15) is 27.2 Å². The van der Waals surface area contributed by atoms with Crippen LogP contribution in [0.3, 0.4) is 0 Å². The first kappa shape index (κ1) is 9.24. The molecule has 2 unspecified atom stereocenters. The van der Waals surface area contributed by atoms with Crippen LogP contribution >= 0.6 is 0 Å². The predicted octanol–water partition coefficient (Wildman–Crippen LogP) is 2.99.